The van der Waals surface area contributed by atoms with Gasteiger partial charge in [-0.25, -0.2) is 0 Å². The van der Waals surface area contributed by atoms with Crippen molar-refractivity contribution in [2.45, 2.75) is 51.5 Å². The first kappa shape index (κ1) is 14.9. The van der Waals surface area contributed by atoms with Crippen LogP contribution in [0.2, 0.25) is 0 Å². The molecule has 0 aromatic heterocycles. The van der Waals surface area contributed by atoms with Crippen molar-refractivity contribution >= 4 is 11.6 Å². The highest BCUT2D eigenvalue weighted by atomic mass is 16.2. The van der Waals surface area contributed by atoms with Crippen LogP contribution in [0.3, 0.4) is 0 Å². The second-order valence-electron chi connectivity index (χ2n) is 5.98. The Morgan fingerprint density at radius 2 is 1.90 bits per heavy atom. The van der Waals surface area contributed by atoms with Gasteiger partial charge in [-0.05, 0) is 37.5 Å². The molecule has 0 radical (unpaired) electrons. The topological polar surface area (TPSA) is 46.3 Å². The van der Waals surface area contributed by atoms with Gasteiger partial charge in [-0.1, -0.05) is 37.8 Å². The van der Waals surface area contributed by atoms with Crippen molar-refractivity contribution in [2.75, 3.05) is 12.8 Å². The van der Waals surface area contributed by atoms with E-state index in [4.69, 9.17) is 5.73 Å². The number of hydrogen-bond acceptors (Lipinski definition) is 2. The number of nitrogens with two attached hydrogens (primary N) is 1. The maximum absolute atomic E-state index is 12.6. The summed E-state index contributed by atoms with van der Waals surface area (Å²) in [5, 5.41) is 0. The molecule has 20 heavy (non-hydrogen) atoms. The summed E-state index contributed by atoms with van der Waals surface area (Å²) in [6, 6.07) is 7.91. The molecule has 0 spiro atoms. The lowest BCUT2D eigenvalue weighted by Gasteiger charge is -2.29. The second kappa shape index (κ2) is 6.78. The molecule has 3 nitrogen and oxygen atoms in total. The molecule has 1 aliphatic rings. The van der Waals surface area contributed by atoms with Gasteiger partial charge >= 0.3 is 0 Å². The summed E-state index contributed by atoms with van der Waals surface area (Å²) in [6.45, 7) is 2.07. The van der Waals surface area contributed by atoms with Gasteiger partial charge in [-0.15, -0.1) is 0 Å². The maximum Gasteiger partial charge on any atom is 0.225 e. The third-order valence-corrected chi connectivity index (χ3v) is 4.53. The Labute approximate surface area is 122 Å². The smallest absolute Gasteiger partial charge is 0.225 e. The number of hydrogen-bond donors (Lipinski definition) is 1. The van der Waals surface area contributed by atoms with Gasteiger partial charge in [0.2, 0.25) is 5.91 Å². The summed E-state index contributed by atoms with van der Waals surface area (Å²) in [4.78, 5) is 14.5. The van der Waals surface area contributed by atoms with Crippen molar-refractivity contribution in [1.82, 2.24) is 4.90 Å². The van der Waals surface area contributed by atoms with Crippen LogP contribution in [0.1, 0.15) is 57.1 Å². The van der Waals surface area contributed by atoms with E-state index in [-0.39, 0.29) is 12.0 Å². The fourth-order valence-electron chi connectivity index (χ4n) is 3.05. The Bertz CT molecular complexity index is 450. The van der Waals surface area contributed by atoms with Gasteiger partial charge in [0.15, 0.2) is 0 Å². The van der Waals surface area contributed by atoms with E-state index < -0.39 is 0 Å². The van der Waals surface area contributed by atoms with E-state index in [2.05, 4.69) is 6.92 Å². The van der Waals surface area contributed by atoms with Crippen molar-refractivity contribution in [3.05, 3.63) is 29.8 Å². The highest BCUT2D eigenvalue weighted by molar-refractivity contribution is 5.79. The number of carbonyl (C=O) groups excluding carboxylic acids is 1. The van der Waals surface area contributed by atoms with Crippen LogP contribution in [0.15, 0.2) is 24.3 Å². The van der Waals surface area contributed by atoms with Crippen LogP contribution in [0.5, 0.6) is 0 Å². The van der Waals surface area contributed by atoms with Crippen LogP contribution in [0.4, 0.5) is 5.69 Å². The molecule has 1 saturated carbocycles. The van der Waals surface area contributed by atoms with Gasteiger partial charge in [-0.2, -0.15) is 0 Å². The summed E-state index contributed by atoms with van der Waals surface area (Å²) in [5.41, 5.74) is 7.69. The van der Waals surface area contributed by atoms with E-state index in [1.807, 2.05) is 36.2 Å². The first-order valence-electron chi connectivity index (χ1n) is 7.71. The van der Waals surface area contributed by atoms with Crippen LogP contribution >= 0.6 is 0 Å². The Balaban J connectivity index is 2.05. The van der Waals surface area contributed by atoms with Gasteiger partial charge in [-0.3, -0.25) is 4.79 Å². The number of amides is 1. The van der Waals surface area contributed by atoms with E-state index in [0.29, 0.717) is 5.91 Å². The fraction of sp³-hybridized carbons (Fsp3) is 0.588. The third kappa shape index (κ3) is 3.53. The molecule has 1 fully saturated rings. The number of rotatable bonds is 3. The molecule has 1 aromatic rings. The van der Waals surface area contributed by atoms with Crippen molar-refractivity contribution in [2.24, 2.45) is 5.92 Å². The SMILES string of the molecule is CC(c1cccc(N)c1)N(C)C(=O)C1CCCCCC1. The van der Waals surface area contributed by atoms with Crippen molar-refractivity contribution < 1.29 is 4.79 Å². The molecule has 0 saturated heterocycles. The number of nitrogens with zero attached hydrogens (tertiary/aromatic N) is 1. The van der Waals surface area contributed by atoms with Gasteiger partial charge in [0.25, 0.3) is 0 Å². The van der Waals surface area contributed by atoms with Gasteiger partial charge in [0.05, 0.1) is 6.04 Å². The maximum atomic E-state index is 12.6. The lowest BCUT2D eigenvalue weighted by molar-refractivity contribution is -0.136. The van der Waals surface area contributed by atoms with Crippen LogP contribution in [0, 0.1) is 5.92 Å². The summed E-state index contributed by atoms with van der Waals surface area (Å²) >= 11 is 0. The molecule has 0 aliphatic heterocycles. The Kier molecular flexibility index (Phi) is 5.05. The van der Waals surface area contributed by atoms with E-state index in [0.717, 1.165) is 24.1 Å². The molecule has 2 N–H and O–H groups in total. The minimum Gasteiger partial charge on any atom is -0.399 e. The van der Waals surface area contributed by atoms with Crippen LogP contribution in [0.25, 0.3) is 0 Å². The van der Waals surface area contributed by atoms with E-state index in [1.165, 1.54) is 25.7 Å². The summed E-state index contributed by atoms with van der Waals surface area (Å²) in [6.07, 6.45) is 7.03. The molecular weight excluding hydrogens is 248 g/mol. The summed E-state index contributed by atoms with van der Waals surface area (Å²) < 4.78 is 0. The van der Waals surface area contributed by atoms with Gasteiger partial charge in [0.1, 0.15) is 0 Å². The summed E-state index contributed by atoms with van der Waals surface area (Å²) in [5.74, 6) is 0.507. The fourth-order valence-corrected chi connectivity index (χ4v) is 3.05. The monoisotopic (exact) mass is 274 g/mol. The lowest BCUT2D eigenvalue weighted by atomic mass is 9.97. The molecule has 110 valence electrons. The molecule has 1 aromatic carbocycles. The van der Waals surface area contributed by atoms with Gasteiger partial charge in [0, 0.05) is 18.7 Å². The number of anilines is 1. The van der Waals surface area contributed by atoms with E-state index in [9.17, 15) is 4.79 Å². The van der Waals surface area contributed by atoms with Crippen molar-refractivity contribution in [3.63, 3.8) is 0 Å². The highest BCUT2D eigenvalue weighted by Crippen LogP contribution is 2.28. The molecule has 1 atom stereocenters. The number of nitrogen functional groups attached to an aromatic ring is 1. The zero-order valence-electron chi connectivity index (χ0n) is 12.6. The average Bonchev–Trinajstić information content (AvgIpc) is 2.74. The predicted octanol–water partition coefficient (Wildman–Crippen LogP) is 3.76. The first-order valence-corrected chi connectivity index (χ1v) is 7.71. The van der Waals surface area contributed by atoms with E-state index in [1.54, 1.807) is 0 Å². The molecular formula is C17H26N2O. The molecule has 1 aliphatic carbocycles. The highest BCUT2D eigenvalue weighted by Gasteiger charge is 2.26. The zero-order chi connectivity index (χ0) is 14.5. The largest absolute Gasteiger partial charge is 0.399 e. The molecule has 3 heteroatoms. The standard InChI is InChI=1S/C17H26N2O/c1-13(15-10-7-11-16(18)12-15)19(2)17(20)14-8-5-3-4-6-9-14/h7,10-14H,3-6,8-9,18H2,1-2H3. The minimum absolute atomic E-state index is 0.0780. The Hall–Kier alpha value is -1.51. The van der Waals surface area contributed by atoms with Crippen molar-refractivity contribution in [3.8, 4) is 0 Å². The van der Waals surface area contributed by atoms with Crippen molar-refractivity contribution in [1.29, 1.82) is 0 Å². The number of carbonyl (C=O) groups is 1. The van der Waals surface area contributed by atoms with Crippen LogP contribution < -0.4 is 5.73 Å². The Morgan fingerprint density at radius 1 is 1.25 bits per heavy atom. The number of benzene rings is 1. The molecule has 1 unspecified atom stereocenters. The van der Waals surface area contributed by atoms with Crippen LogP contribution in [-0.4, -0.2) is 17.9 Å². The molecule has 0 bridgehead atoms. The minimum atomic E-state index is 0.0780. The predicted molar refractivity (Wildman–Crippen MR) is 83.2 cm³/mol. The molecule has 0 heterocycles. The first-order chi connectivity index (χ1) is 9.59. The Morgan fingerprint density at radius 3 is 2.50 bits per heavy atom. The van der Waals surface area contributed by atoms with E-state index >= 15 is 0 Å². The van der Waals surface area contributed by atoms with Crippen LogP contribution in [-0.2, 0) is 4.79 Å². The lowest BCUT2D eigenvalue weighted by Crippen LogP contribution is -2.34. The second-order valence-corrected chi connectivity index (χ2v) is 5.98. The van der Waals surface area contributed by atoms with Gasteiger partial charge < -0.3 is 10.6 Å². The average molecular weight is 274 g/mol. The summed E-state index contributed by atoms with van der Waals surface area (Å²) in [7, 11) is 1.92. The third-order valence-electron chi connectivity index (χ3n) is 4.53. The normalized spacial score (nSPS) is 18.3. The quantitative estimate of drug-likeness (QED) is 0.674. The molecule has 2 rings (SSSR count). The zero-order valence-corrected chi connectivity index (χ0v) is 12.6. The molecule has 1 amide bonds.